The Balaban J connectivity index is 1.80. The number of ether oxygens (including phenoxy) is 1. The summed E-state index contributed by atoms with van der Waals surface area (Å²) in [6.45, 7) is 6.44. The van der Waals surface area contributed by atoms with Crippen LogP contribution in [0.5, 0.6) is 0 Å². The smallest absolute Gasteiger partial charge is 0.247 e. The molecule has 1 aromatic heterocycles. The summed E-state index contributed by atoms with van der Waals surface area (Å²) in [6, 6.07) is 5.42. The molecule has 2 atom stereocenters. The number of amides is 1. The van der Waals surface area contributed by atoms with Crippen molar-refractivity contribution < 1.29 is 9.53 Å². The Bertz CT molecular complexity index is 758. The monoisotopic (exact) mass is 336 g/mol. The van der Waals surface area contributed by atoms with Gasteiger partial charge in [-0.3, -0.25) is 10.1 Å². The number of hydrogen-bond acceptors (Lipinski definition) is 4. The number of H-pyrrole nitrogens is 1. The minimum Gasteiger partial charge on any atom is -0.378 e. The highest BCUT2D eigenvalue weighted by atomic mass is 35.5. The molecule has 3 rings (SSSR count). The van der Waals surface area contributed by atoms with E-state index in [-0.39, 0.29) is 12.0 Å². The molecular weight excluding hydrogens is 316 g/mol. The number of carbonyl (C=O) groups excluding carboxylic acids is 1. The molecule has 1 amide bonds. The van der Waals surface area contributed by atoms with Gasteiger partial charge in [-0.1, -0.05) is 31.5 Å². The Hall–Kier alpha value is -1.63. The second-order valence-corrected chi connectivity index (χ2v) is 6.92. The normalized spacial score (nSPS) is 26.0. The van der Waals surface area contributed by atoms with E-state index in [1.807, 2.05) is 32.9 Å². The molecular formula is C16H21ClN4O2. The van der Waals surface area contributed by atoms with E-state index in [0.717, 1.165) is 5.52 Å². The van der Waals surface area contributed by atoms with Crippen molar-refractivity contribution in [2.24, 2.45) is 11.1 Å². The van der Waals surface area contributed by atoms with Crippen molar-refractivity contribution in [3.63, 3.8) is 0 Å². The van der Waals surface area contributed by atoms with E-state index in [2.05, 4.69) is 15.3 Å². The van der Waals surface area contributed by atoms with Crippen molar-refractivity contribution >= 4 is 34.5 Å². The van der Waals surface area contributed by atoms with Crippen LogP contribution in [-0.4, -0.2) is 34.1 Å². The van der Waals surface area contributed by atoms with E-state index >= 15 is 0 Å². The number of aromatic amines is 1. The molecule has 0 saturated heterocycles. The van der Waals surface area contributed by atoms with Crippen molar-refractivity contribution in [3.8, 4) is 0 Å². The number of carbonyl (C=O) groups is 1. The van der Waals surface area contributed by atoms with Crippen LogP contribution in [0.4, 0.5) is 5.95 Å². The lowest BCUT2D eigenvalue weighted by Gasteiger charge is -2.57. The molecule has 1 aliphatic rings. The Labute approximate surface area is 139 Å². The van der Waals surface area contributed by atoms with Gasteiger partial charge in [-0.05, 0) is 19.1 Å². The number of nitrogens with zero attached hydrogens (tertiary/aromatic N) is 1. The Morgan fingerprint density at radius 1 is 1.57 bits per heavy atom. The standard InChI is InChI=1S/C16H21ClN4O2/c1-4-23-11-8-16(18,15(11,2)3)13(22)21-14-19-10-7-5-6-9(17)12(10)20-14/h5-7,11H,4,8,18H2,1-3H3,(H2,19,20,21,22). The molecule has 0 bridgehead atoms. The van der Waals surface area contributed by atoms with Crippen LogP contribution in [0.2, 0.25) is 5.02 Å². The van der Waals surface area contributed by atoms with E-state index in [0.29, 0.717) is 29.5 Å². The molecule has 6 nitrogen and oxygen atoms in total. The first-order chi connectivity index (χ1) is 10.8. The lowest BCUT2D eigenvalue weighted by atomic mass is 9.54. The number of anilines is 1. The topological polar surface area (TPSA) is 93.0 Å². The summed E-state index contributed by atoms with van der Waals surface area (Å²) >= 11 is 6.10. The maximum absolute atomic E-state index is 12.7. The molecule has 1 aliphatic carbocycles. The number of nitrogens with one attached hydrogen (secondary N) is 2. The summed E-state index contributed by atoms with van der Waals surface area (Å²) in [7, 11) is 0. The molecule has 1 saturated carbocycles. The SMILES string of the molecule is CCOC1CC(N)(C(=O)Nc2nc3c(Cl)cccc3[nH]2)C1(C)C. The second-order valence-electron chi connectivity index (χ2n) is 6.52. The van der Waals surface area contributed by atoms with Gasteiger partial charge in [-0.2, -0.15) is 0 Å². The van der Waals surface area contributed by atoms with Gasteiger partial charge in [0.25, 0.3) is 0 Å². The van der Waals surface area contributed by atoms with Crippen LogP contribution >= 0.6 is 11.6 Å². The van der Waals surface area contributed by atoms with Crippen LogP contribution in [0.1, 0.15) is 27.2 Å². The second kappa shape index (κ2) is 5.47. The van der Waals surface area contributed by atoms with Gasteiger partial charge >= 0.3 is 0 Å². The molecule has 23 heavy (non-hydrogen) atoms. The Kier molecular flexibility index (Phi) is 3.86. The van der Waals surface area contributed by atoms with E-state index in [1.54, 1.807) is 6.07 Å². The molecule has 0 spiro atoms. The number of imidazole rings is 1. The highest BCUT2D eigenvalue weighted by Crippen LogP contribution is 2.50. The predicted molar refractivity (Wildman–Crippen MR) is 90.5 cm³/mol. The molecule has 0 radical (unpaired) electrons. The highest BCUT2D eigenvalue weighted by Gasteiger charge is 2.63. The van der Waals surface area contributed by atoms with E-state index in [4.69, 9.17) is 22.1 Å². The summed E-state index contributed by atoms with van der Waals surface area (Å²) in [5, 5.41) is 3.30. The zero-order valence-corrected chi connectivity index (χ0v) is 14.2. The van der Waals surface area contributed by atoms with Crippen LogP contribution in [0.15, 0.2) is 18.2 Å². The summed E-state index contributed by atoms with van der Waals surface area (Å²) in [5.74, 6) is 0.0761. The first kappa shape index (κ1) is 16.2. The van der Waals surface area contributed by atoms with E-state index in [9.17, 15) is 4.79 Å². The third-order valence-electron chi connectivity index (χ3n) is 4.93. The van der Waals surface area contributed by atoms with Gasteiger partial charge in [0.2, 0.25) is 11.9 Å². The highest BCUT2D eigenvalue weighted by molar-refractivity contribution is 6.35. The first-order valence-corrected chi connectivity index (χ1v) is 8.03. The average molecular weight is 337 g/mol. The minimum absolute atomic E-state index is 0.0200. The van der Waals surface area contributed by atoms with E-state index in [1.165, 1.54) is 0 Å². The fourth-order valence-corrected chi connectivity index (χ4v) is 3.31. The predicted octanol–water partition coefficient (Wildman–Crippen LogP) is 2.69. The van der Waals surface area contributed by atoms with Gasteiger partial charge < -0.3 is 15.5 Å². The number of benzene rings is 1. The number of para-hydroxylation sites is 1. The van der Waals surface area contributed by atoms with Gasteiger partial charge in [0.05, 0.1) is 16.6 Å². The third-order valence-corrected chi connectivity index (χ3v) is 5.24. The summed E-state index contributed by atoms with van der Waals surface area (Å²) in [4.78, 5) is 20.0. The maximum atomic E-state index is 12.7. The van der Waals surface area contributed by atoms with Crippen molar-refractivity contribution in [1.82, 2.24) is 9.97 Å². The lowest BCUT2D eigenvalue weighted by molar-refractivity contribution is -0.166. The molecule has 0 aliphatic heterocycles. The van der Waals surface area contributed by atoms with Crippen LogP contribution < -0.4 is 11.1 Å². The molecule has 7 heteroatoms. The quantitative estimate of drug-likeness (QED) is 0.800. The van der Waals surface area contributed by atoms with Crippen molar-refractivity contribution in [1.29, 1.82) is 0 Å². The molecule has 2 aromatic rings. The Morgan fingerprint density at radius 3 is 2.91 bits per heavy atom. The minimum atomic E-state index is -0.990. The molecule has 1 fully saturated rings. The largest absolute Gasteiger partial charge is 0.378 e. The fraction of sp³-hybridized carbons (Fsp3) is 0.500. The number of nitrogens with two attached hydrogens (primary N) is 1. The van der Waals surface area contributed by atoms with Crippen molar-refractivity contribution in [3.05, 3.63) is 23.2 Å². The maximum Gasteiger partial charge on any atom is 0.247 e. The van der Waals surface area contributed by atoms with Crippen LogP contribution in [0, 0.1) is 5.41 Å². The van der Waals surface area contributed by atoms with E-state index < -0.39 is 11.0 Å². The number of halogens is 1. The molecule has 1 aromatic carbocycles. The number of fused-ring (bicyclic) bond motifs is 1. The van der Waals surface area contributed by atoms with Gasteiger partial charge in [0, 0.05) is 18.4 Å². The summed E-state index contributed by atoms with van der Waals surface area (Å²) < 4.78 is 5.65. The van der Waals surface area contributed by atoms with Gasteiger partial charge in [0.1, 0.15) is 11.1 Å². The molecule has 4 N–H and O–H groups in total. The van der Waals surface area contributed by atoms with Crippen molar-refractivity contribution in [2.45, 2.75) is 38.8 Å². The summed E-state index contributed by atoms with van der Waals surface area (Å²) in [5.41, 5.74) is 6.30. The lowest BCUT2D eigenvalue weighted by Crippen LogP contribution is -2.74. The summed E-state index contributed by atoms with van der Waals surface area (Å²) in [6.07, 6.45) is 0.467. The van der Waals surface area contributed by atoms with Gasteiger partial charge in [0.15, 0.2) is 0 Å². The van der Waals surface area contributed by atoms with Crippen LogP contribution in [-0.2, 0) is 9.53 Å². The number of rotatable bonds is 4. The van der Waals surface area contributed by atoms with Crippen LogP contribution in [0.25, 0.3) is 11.0 Å². The molecule has 1 heterocycles. The number of hydrogen-bond donors (Lipinski definition) is 3. The van der Waals surface area contributed by atoms with Crippen LogP contribution in [0.3, 0.4) is 0 Å². The zero-order chi connectivity index (χ0) is 16.8. The fourth-order valence-electron chi connectivity index (χ4n) is 3.10. The van der Waals surface area contributed by atoms with Gasteiger partial charge in [-0.25, -0.2) is 4.98 Å². The third kappa shape index (κ3) is 2.41. The zero-order valence-electron chi connectivity index (χ0n) is 13.4. The molecule has 124 valence electrons. The Morgan fingerprint density at radius 2 is 2.30 bits per heavy atom. The van der Waals surface area contributed by atoms with Gasteiger partial charge in [-0.15, -0.1) is 0 Å². The molecule has 2 unspecified atom stereocenters. The first-order valence-electron chi connectivity index (χ1n) is 7.65. The average Bonchev–Trinajstić information content (AvgIpc) is 2.90. The van der Waals surface area contributed by atoms with Crippen molar-refractivity contribution in [2.75, 3.05) is 11.9 Å². The number of aromatic nitrogens is 2.